The highest BCUT2D eigenvalue weighted by atomic mass is 16.6. The Balaban J connectivity index is 1.36. The Morgan fingerprint density at radius 3 is 2.09 bits per heavy atom. The molecular weight excluding hydrogens is 552 g/mol. The van der Waals surface area contributed by atoms with E-state index >= 15 is 0 Å². The quantitative estimate of drug-likeness (QED) is 0.220. The summed E-state index contributed by atoms with van der Waals surface area (Å²) in [4.78, 5) is 42.2. The topological polar surface area (TPSA) is 123 Å². The van der Waals surface area contributed by atoms with Crippen molar-refractivity contribution in [1.82, 2.24) is 15.1 Å². The summed E-state index contributed by atoms with van der Waals surface area (Å²) < 4.78 is 17.0. The summed E-state index contributed by atoms with van der Waals surface area (Å²) in [6.07, 6.45) is 0. The van der Waals surface area contributed by atoms with Gasteiger partial charge in [-0.25, -0.2) is 9.59 Å². The van der Waals surface area contributed by atoms with Crippen LogP contribution in [0.2, 0.25) is 0 Å². The molecule has 2 aromatic carbocycles. The van der Waals surface area contributed by atoms with Crippen molar-refractivity contribution in [1.29, 1.82) is 0 Å². The molecule has 2 aliphatic heterocycles. The Morgan fingerprint density at radius 1 is 0.884 bits per heavy atom. The second-order valence-corrected chi connectivity index (χ2v) is 10.6. The van der Waals surface area contributed by atoms with E-state index in [1.807, 2.05) is 31.2 Å². The molecule has 11 heteroatoms. The maximum atomic E-state index is 13.5. The molecule has 230 valence electrons. The second kappa shape index (κ2) is 14.8. The molecule has 1 N–H and O–H groups in total. The number of nitro groups is 1. The Labute approximate surface area is 252 Å². The summed E-state index contributed by atoms with van der Waals surface area (Å²) in [5, 5.41) is 14.6. The number of hydrogen-bond acceptors (Lipinski definition) is 10. The van der Waals surface area contributed by atoms with Gasteiger partial charge in [-0.15, -0.1) is 0 Å². The van der Waals surface area contributed by atoms with E-state index in [4.69, 9.17) is 14.2 Å². The zero-order chi connectivity index (χ0) is 30.9. The van der Waals surface area contributed by atoms with Gasteiger partial charge in [0.25, 0.3) is 5.69 Å². The fourth-order valence-electron chi connectivity index (χ4n) is 5.48. The first kappa shape index (κ1) is 31.7. The van der Waals surface area contributed by atoms with E-state index in [2.05, 4.69) is 15.1 Å². The van der Waals surface area contributed by atoms with E-state index in [9.17, 15) is 19.7 Å². The molecule has 1 unspecified atom stereocenters. The third-order valence-corrected chi connectivity index (χ3v) is 7.75. The Hall–Kier alpha value is -4.22. The van der Waals surface area contributed by atoms with Gasteiger partial charge >= 0.3 is 11.9 Å². The van der Waals surface area contributed by atoms with E-state index in [-0.39, 0.29) is 30.0 Å². The number of benzene rings is 2. The van der Waals surface area contributed by atoms with E-state index in [1.54, 1.807) is 32.9 Å². The van der Waals surface area contributed by atoms with Crippen LogP contribution in [0.1, 0.15) is 37.8 Å². The molecule has 1 saturated heterocycles. The van der Waals surface area contributed by atoms with Gasteiger partial charge in [-0.1, -0.05) is 30.3 Å². The fourth-order valence-corrected chi connectivity index (χ4v) is 5.48. The Kier molecular flexibility index (Phi) is 10.9. The SMILES string of the molecule is CCOC(=O)C1=C(C)NC(C)=C(C(=O)OCCN2CCN(CCOc3ccccc3C)CC2)C1c1cccc([N+](=O)[O-])c1. The summed E-state index contributed by atoms with van der Waals surface area (Å²) in [7, 11) is 0. The number of piperazine rings is 1. The minimum atomic E-state index is -0.877. The number of aryl methyl sites for hydroxylation is 1. The van der Waals surface area contributed by atoms with Gasteiger partial charge in [0, 0.05) is 62.8 Å². The lowest BCUT2D eigenvalue weighted by molar-refractivity contribution is -0.384. The number of allylic oxidation sites excluding steroid dienone is 2. The van der Waals surface area contributed by atoms with Crippen molar-refractivity contribution in [3.05, 3.63) is 92.3 Å². The Morgan fingerprint density at radius 2 is 1.49 bits per heavy atom. The number of non-ortho nitro benzene ring substituents is 1. The molecule has 0 aliphatic carbocycles. The van der Waals surface area contributed by atoms with Crippen molar-refractivity contribution in [2.24, 2.45) is 0 Å². The third-order valence-electron chi connectivity index (χ3n) is 7.75. The maximum Gasteiger partial charge on any atom is 0.336 e. The summed E-state index contributed by atoms with van der Waals surface area (Å²) in [6.45, 7) is 13.0. The van der Waals surface area contributed by atoms with E-state index in [1.165, 1.54) is 12.1 Å². The molecule has 0 amide bonds. The number of nitro benzene ring substituents is 1. The number of hydrogen-bond donors (Lipinski definition) is 1. The molecule has 11 nitrogen and oxygen atoms in total. The average molecular weight is 593 g/mol. The normalized spacial score (nSPS) is 17.8. The van der Waals surface area contributed by atoms with Crippen LogP contribution in [0.25, 0.3) is 0 Å². The molecule has 0 radical (unpaired) electrons. The minimum Gasteiger partial charge on any atom is -0.492 e. The highest BCUT2D eigenvalue weighted by Crippen LogP contribution is 2.40. The first-order valence-corrected chi connectivity index (χ1v) is 14.6. The van der Waals surface area contributed by atoms with Gasteiger partial charge in [0.05, 0.1) is 28.6 Å². The molecule has 2 aliphatic rings. The summed E-state index contributed by atoms with van der Waals surface area (Å²) in [6, 6.07) is 14.0. The number of esters is 2. The van der Waals surface area contributed by atoms with Gasteiger partial charge in [-0.2, -0.15) is 0 Å². The van der Waals surface area contributed by atoms with Gasteiger partial charge in [-0.05, 0) is 44.9 Å². The second-order valence-electron chi connectivity index (χ2n) is 10.6. The van der Waals surface area contributed by atoms with Gasteiger partial charge in [0.2, 0.25) is 0 Å². The summed E-state index contributed by atoms with van der Waals surface area (Å²) >= 11 is 0. The van der Waals surface area contributed by atoms with E-state index in [0.717, 1.165) is 44.0 Å². The van der Waals surface area contributed by atoms with Crippen molar-refractivity contribution < 1.29 is 28.7 Å². The summed E-state index contributed by atoms with van der Waals surface area (Å²) in [5.74, 6) is -1.14. The van der Waals surface area contributed by atoms with Crippen LogP contribution in [0.3, 0.4) is 0 Å². The predicted molar refractivity (Wildman–Crippen MR) is 162 cm³/mol. The number of nitrogens with zero attached hydrogens (tertiary/aromatic N) is 3. The molecule has 2 heterocycles. The molecule has 1 atom stereocenters. The van der Waals surface area contributed by atoms with Gasteiger partial charge in [0.15, 0.2) is 0 Å². The number of carbonyl (C=O) groups excluding carboxylic acids is 2. The number of ether oxygens (including phenoxy) is 3. The van der Waals surface area contributed by atoms with Gasteiger partial charge < -0.3 is 19.5 Å². The van der Waals surface area contributed by atoms with Crippen LogP contribution in [0.5, 0.6) is 5.75 Å². The van der Waals surface area contributed by atoms with Crippen LogP contribution in [-0.4, -0.2) is 85.8 Å². The molecular formula is C32H40N4O7. The lowest BCUT2D eigenvalue weighted by Gasteiger charge is -2.34. The van der Waals surface area contributed by atoms with Crippen LogP contribution in [0.15, 0.2) is 71.1 Å². The van der Waals surface area contributed by atoms with Crippen LogP contribution >= 0.6 is 0 Å². The predicted octanol–water partition coefficient (Wildman–Crippen LogP) is 3.94. The highest BCUT2D eigenvalue weighted by molar-refractivity contribution is 6.00. The monoisotopic (exact) mass is 592 g/mol. The van der Waals surface area contributed by atoms with Gasteiger partial charge in [0.1, 0.15) is 19.0 Å². The highest BCUT2D eigenvalue weighted by Gasteiger charge is 2.38. The number of para-hydroxylation sites is 1. The molecule has 43 heavy (non-hydrogen) atoms. The van der Waals surface area contributed by atoms with Crippen LogP contribution in [-0.2, 0) is 19.1 Å². The van der Waals surface area contributed by atoms with Crippen LogP contribution in [0, 0.1) is 17.0 Å². The molecule has 0 aromatic heterocycles. The number of rotatable bonds is 12. The zero-order valence-corrected chi connectivity index (χ0v) is 25.3. The van der Waals surface area contributed by atoms with Crippen LogP contribution in [0.4, 0.5) is 5.69 Å². The minimum absolute atomic E-state index is 0.136. The maximum absolute atomic E-state index is 13.5. The van der Waals surface area contributed by atoms with E-state index in [0.29, 0.717) is 30.1 Å². The van der Waals surface area contributed by atoms with Crippen molar-refractivity contribution in [2.75, 3.05) is 59.1 Å². The largest absolute Gasteiger partial charge is 0.492 e. The van der Waals surface area contributed by atoms with E-state index < -0.39 is 22.8 Å². The fraction of sp³-hybridized carbons (Fsp3) is 0.438. The number of carbonyl (C=O) groups is 2. The zero-order valence-electron chi connectivity index (χ0n) is 25.3. The van der Waals surface area contributed by atoms with Crippen molar-refractivity contribution in [3.63, 3.8) is 0 Å². The molecule has 0 bridgehead atoms. The van der Waals surface area contributed by atoms with Crippen molar-refractivity contribution in [3.8, 4) is 5.75 Å². The third kappa shape index (κ3) is 7.99. The number of dihydropyridines is 1. The van der Waals surface area contributed by atoms with Crippen LogP contribution < -0.4 is 10.1 Å². The Bertz CT molecular complexity index is 1400. The standard InChI is InChI=1S/C32H40N4O7/c1-5-41-31(37)28-23(3)33-24(4)29(30(28)25-10-8-11-26(21-25)36(39)40)32(38)43-20-18-35-15-13-34(14-16-35)17-19-42-27-12-7-6-9-22(27)2/h6-12,21,30,33H,5,13-20H2,1-4H3. The lowest BCUT2D eigenvalue weighted by atomic mass is 9.80. The molecule has 1 fully saturated rings. The lowest BCUT2D eigenvalue weighted by Crippen LogP contribution is -2.48. The van der Waals surface area contributed by atoms with Crippen molar-refractivity contribution in [2.45, 2.75) is 33.6 Å². The number of nitrogens with one attached hydrogen (secondary N) is 1. The molecule has 2 aromatic rings. The van der Waals surface area contributed by atoms with Crippen molar-refractivity contribution >= 4 is 17.6 Å². The summed E-state index contributed by atoms with van der Waals surface area (Å²) in [5.41, 5.74) is 2.92. The first-order valence-electron chi connectivity index (χ1n) is 14.6. The average Bonchev–Trinajstić information content (AvgIpc) is 2.98. The smallest absolute Gasteiger partial charge is 0.336 e. The molecule has 0 saturated carbocycles. The molecule has 4 rings (SSSR count). The first-order chi connectivity index (χ1) is 20.7. The van der Waals surface area contributed by atoms with Gasteiger partial charge in [-0.3, -0.25) is 19.9 Å². The molecule has 0 spiro atoms.